The summed E-state index contributed by atoms with van der Waals surface area (Å²) in [6.07, 6.45) is 0. The van der Waals surface area contributed by atoms with E-state index < -0.39 is 0 Å². The van der Waals surface area contributed by atoms with Crippen molar-refractivity contribution in [3.8, 4) is 67.0 Å². The topological polar surface area (TPSA) is 16.4 Å². The molecule has 10 aromatic rings. The zero-order valence-corrected chi connectivity index (χ0v) is 31.9. The van der Waals surface area contributed by atoms with Crippen LogP contribution in [-0.2, 0) is 0 Å². The molecular formula is C56H39NO. The summed E-state index contributed by atoms with van der Waals surface area (Å²) in [7, 11) is 0. The summed E-state index contributed by atoms with van der Waals surface area (Å²) in [6, 6.07) is 84.2. The molecule has 2 heteroatoms. The Bertz CT molecular complexity index is 2920. The third-order valence-corrected chi connectivity index (χ3v) is 10.9. The van der Waals surface area contributed by atoms with Crippen molar-refractivity contribution in [1.82, 2.24) is 0 Å². The van der Waals surface area contributed by atoms with Gasteiger partial charge in [-0.1, -0.05) is 176 Å². The molecule has 1 aromatic heterocycles. The summed E-state index contributed by atoms with van der Waals surface area (Å²) < 4.78 is 6.45. The lowest BCUT2D eigenvalue weighted by Gasteiger charge is -2.26. The molecule has 0 N–H and O–H groups in total. The smallest absolute Gasteiger partial charge is 0.136 e. The number of benzene rings is 9. The minimum Gasteiger partial charge on any atom is -0.456 e. The maximum atomic E-state index is 6.45. The Morgan fingerprint density at radius 2 is 0.655 bits per heavy atom. The predicted octanol–water partition coefficient (Wildman–Crippen LogP) is 15.9. The van der Waals surface area contributed by atoms with Crippen LogP contribution in [0.1, 0.15) is 0 Å². The van der Waals surface area contributed by atoms with Gasteiger partial charge in [0, 0.05) is 28.0 Å². The number of rotatable bonds is 9. The van der Waals surface area contributed by atoms with Crippen LogP contribution < -0.4 is 4.90 Å². The highest BCUT2D eigenvalue weighted by molar-refractivity contribution is 5.91. The lowest BCUT2D eigenvalue weighted by molar-refractivity contribution is 0.632. The van der Waals surface area contributed by atoms with Gasteiger partial charge in [-0.15, -0.1) is 0 Å². The van der Waals surface area contributed by atoms with Crippen molar-refractivity contribution >= 4 is 28.0 Å². The summed E-state index contributed by atoms with van der Waals surface area (Å²) in [5.74, 6) is 0.860. The molecule has 0 amide bonds. The van der Waals surface area contributed by atoms with Crippen LogP contribution in [0, 0.1) is 0 Å². The maximum absolute atomic E-state index is 6.45. The largest absolute Gasteiger partial charge is 0.456 e. The Morgan fingerprint density at radius 1 is 0.259 bits per heavy atom. The van der Waals surface area contributed by atoms with Crippen molar-refractivity contribution in [2.45, 2.75) is 0 Å². The summed E-state index contributed by atoms with van der Waals surface area (Å²) >= 11 is 0. The van der Waals surface area contributed by atoms with E-state index in [1.54, 1.807) is 0 Å². The van der Waals surface area contributed by atoms with Crippen LogP contribution in [-0.4, -0.2) is 0 Å². The molecule has 0 aliphatic carbocycles. The fourth-order valence-corrected chi connectivity index (χ4v) is 7.91. The molecule has 0 radical (unpaired) electrons. The second-order valence-electron chi connectivity index (χ2n) is 14.6. The first-order valence-corrected chi connectivity index (χ1v) is 19.7. The molecular weight excluding hydrogens is 703 g/mol. The molecule has 0 atom stereocenters. The molecule has 274 valence electrons. The molecule has 0 aliphatic heterocycles. The summed E-state index contributed by atoms with van der Waals surface area (Å²) in [6.45, 7) is 0. The van der Waals surface area contributed by atoms with Crippen molar-refractivity contribution in [2.75, 3.05) is 4.90 Å². The summed E-state index contributed by atoms with van der Waals surface area (Å²) in [4.78, 5) is 2.33. The van der Waals surface area contributed by atoms with Gasteiger partial charge in [-0.25, -0.2) is 0 Å². The zero-order valence-electron chi connectivity index (χ0n) is 31.9. The molecule has 9 aromatic carbocycles. The Labute approximate surface area is 339 Å². The molecule has 58 heavy (non-hydrogen) atoms. The van der Waals surface area contributed by atoms with E-state index in [1.807, 2.05) is 12.1 Å². The van der Waals surface area contributed by atoms with Crippen molar-refractivity contribution in [3.05, 3.63) is 237 Å². The van der Waals surface area contributed by atoms with Crippen LogP contribution in [0.3, 0.4) is 0 Å². The van der Waals surface area contributed by atoms with E-state index >= 15 is 0 Å². The third-order valence-electron chi connectivity index (χ3n) is 10.9. The number of anilines is 3. The minimum atomic E-state index is 0.860. The Morgan fingerprint density at radius 3 is 1.19 bits per heavy atom. The van der Waals surface area contributed by atoms with E-state index in [0.717, 1.165) is 61.6 Å². The quantitative estimate of drug-likeness (QED) is 0.146. The predicted molar refractivity (Wildman–Crippen MR) is 244 cm³/mol. The molecule has 10 rings (SSSR count). The highest BCUT2D eigenvalue weighted by atomic mass is 16.3. The number of hydrogen-bond acceptors (Lipinski definition) is 2. The Balaban J connectivity index is 1.02. The molecule has 2 nitrogen and oxygen atoms in total. The summed E-state index contributed by atoms with van der Waals surface area (Å²) in [5, 5.41) is 1.09. The third kappa shape index (κ3) is 7.00. The van der Waals surface area contributed by atoms with Crippen molar-refractivity contribution < 1.29 is 4.42 Å². The standard InChI is InChI=1S/C56H39NO/c1-4-13-40(14-5-1)42-23-30-50(31-24-42)57(51-32-25-43(26-33-51)47-21-12-20-46(37-47)41-15-6-2-7-16-41)52-34-27-44(28-35-52)48-29-36-53(45-17-8-3-9-18-45)54(38-48)56-39-49-19-10-11-22-55(49)58-56/h1-39H. The van der Waals surface area contributed by atoms with Crippen molar-refractivity contribution in [1.29, 1.82) is 0 Å². The van der Waals surface area contributed by atoms with Gasteiger partial charge < -0.3 is 9.32 Å². The van der Waals surface area contributed by atoms with E-state index in [9.17, 15) is 0 Å². The molecule has 0 saturated heterocycles. The first kappa shape index (κ1) is 34.8. The van der Waals surface area contributed by atoms with Gasteiger partial charge in [0.2, 0.25) is 0 Å². The molecule has 0 fully saturated rings. The molecule has 0 unspecified atom stereocenters. The fraction of sp³-hybridized carbons (Fsp3) is 0. The van der Waals surface area contributed by atoms with Gasteiger partial charge in [0.1, 0.15) is 11.3 Å². The molecule has 0 saturated carbocycles. The van der Waals surface area contributed by atoms with Crippen LogP contribution in [0.2, 0.25) is 0 Å². The van der Waals surface area contributed by atoms with Crippen LogP contribution in [0.25, 0.3) is 77.9 Å². The maximum Gasteiger partial charge on any atom is 0.136 e. The number of para-hydroxylation sites is 1. The zero-order chi connectivity index (χ0) is 38.7. The number of furan rings is 1. The average Bonchev–Trinajstić information content (AvgIpc) is 3.75. The second kappa shape index (κ2) is 15.5. The van der Waals surface area contributed by atoms with Crippen LogP contribution in [0.5, 0.6) is 0 Å². The SMILES string of the molecule is c1ccc(-c2ccc(N(c3ccc(-c4cccc(-c5ccccc5)c4)cc3)c3ccc(-c4ccc(-c5ccccc5)c(-c5cc6ccccc6o5)c4)cc3)cc2)cc1. The molecule has 0 bridgehead atoms. The number of fused-ring (bicyclic) bond motifs is 1. The fourth-order valence-electron chi connectivity index (χ4n) is 7.91. The molecule has 0 aliphatic rings. The van der Waals surface area contributed by atoms with Crippen LogP contribution >= 0.6 is 0 Å². The van der Waals surface area contributed by atoms with Gasteiger partial charge in [0.05, 0.1) is 0 Å². The van der Waals surface area contributed by atoms with E-state index in [1.165, 1.54) is 33.4 Å². The van der Waals surface area contributed by atoms with E-state index in [4.69, 9.17) is 4.42 Å². The highest BCUT2D eigenvalue weighted by Gasteiger charge is 2.17. The molecule has 0 spiro atoms. The van der Waals surface area contributed by atoms with Gasteiger partial charge in [0.25, 0.3) is 0 Å². The first-order valence-electron chi connectivity index (χ1n) is 19.7. The van der Waals surface area contributed by atoms with Crippen LogP contribution in [0.4, 0.5) is 17.1 Å². The van der Waals surface area contributed by atoms with Gasteiger partial charge in [0.15, 0.2) is 0 Å². The number of nitrogens with zero attached hydrogens (tertiary/aromatic N) is 1. The van der Waals surface area contributed by atoms with E-state index in [2.05, 4.69) is 229 Å². The minimum absolute atomic E-state index is 0.860. The number of hydrogen-bond donors (Lipinski definition) is 0. The first-order chi connectivity index (χ1) is 28.7. The molecule has 1 heterocycles. The van der Waals surface area contributed by atoms with Gasteiger partial charge in [-0.2, -0.15) is 0 Å². The van der Waals surface area contributed by atoms with Crippen LogP contribution in [0.15, 0.2) is 241 Å². The Kier molecular flexibility index (Phi) is 9.27. The van der Waals surface area contributed by atoms with E-state index in [0.29, 0.717) is 0 Å². The monoisotopic (exact) mass is 741 g/mol. The Hall–Kier alpha value is -7.68. The second-order valence-corrected chi connectivity index (χ2v) is 14.6. The highest BCUT2D eigenvalue weighted by Crippen LogP contribution is 2.41. The lowest BCUT2D eigenvalue weighted by Crippen LogP contribution is -2.09. The van der Waals surface area contributed by atoms with Gasteiger partial charge >= 0.3 is 0 Å². The van der Waals surface area contributed by atoms with Crippen molar-refractivity contribution in [2.24, 2.45) is 0 Å². The lowest BCUT2D eigenvalue weighted by atomic mass is 9.93. The normalized spacial score (nSPS) is 11.1. The van der Waals surface area contributed by atoms with E-state index in [-0.39, 0.29) is 0 Å². The van der Waals surface area contributed by atoms with Crippen molar-refractivity contribution in [3.63, 3.8) is 0 Å². The van der Waals surface area contributed by atoms with Gasteiger partial charge in [-0.05, 0) is 116 Å². The van der Waals surface area contributed by atoms with Gasteiger partial charge in [-0.3, -0.25) is 0 Å². The summed E-state index contributed by atoms with van der Waals surface area (Å²) in [5.41, 5.74) is 16.9. The average molecular weight is 742 g/mol.